The number of aromatic nitrogens is 1. The Bertz CT molecular complexity index is 1290. The number of alkyl halides is 3. The van der Waals surface area contributed by atoms with Crippen LogP contribution in [0.15, 0.2) is 42.6 Å². The summed E-state index contributed by atoms with van der Waals surface area (Å²) < 4.78 is 44.2. The Labute approximate surface area is 190 Å². The first-order valence-corrected chi connectivity index (χ1v) is 9.52. The maximum atomic E-state index is 13.1. The van der Waals surface area contributed by atoms with Crippen LogP contribution in [0.3, 0.4) is 0 Å². The summed E-state index contributed by atoms with van der Waals surface area (Å²) in [6.07, 6.45) is -4.03. The maximum absolute atomic E-state index is 13.1. The van der Waals surface area contributed by atoms with E-state index in [-0.39, 0.29) is 11.1 Å². The number of phenolic OH excluding ortho intramolecular Hbond substituents is 2. The molecule has 0 radical (unpaired) electrons. The van der Waals surface area contributed by atoms with Gasteiger partial charge in [-0.25, -0.2) is 0 Å². The normalized spacial score (nSPS) is 11.1. The summed E-state index contributed by atoms with van der Waals surface area (Å²) in [4.78, 5) is 17.6. The molecular formula is C22H15ClF3N3O4. The van der Waals surface area contributed by atoms with Crippen molar-refractivity contribution in [2.24, 2.45) is 0 Å². The lowest BCUT2D eigenvalue weighted by Crippen LogP contribution is -2.26. The molecule has 7 nitrogen and oxygen atoms in total. The van der Waals surface area contributed by atoms with E-state index in [0.717, 1.165) is 17.2 Å². The number of nitrogens with zero attached hydrogens (tertiary/aromatic N) is 3. The summed E-state index contributed by atoms with van der Waals surface area (Å²) >= 11 is 6.10. The van der Waals surface area contributed by atoms with E-state index in [1.807, 2.05) is 0 Å². The second-order valence-electron chi connectivity index (χ2n) is 6.74. The van der Waals surface area contributed by atoms with Crippen LogP contribution >= 0.6 is 11.6 Å². The molecule has 0 saturated carbocycles. The number of aromatic hydroxyl groups is 2. The van der Waals surface area contributed by atoms with E-state index < -0.39 is 45.4 Å². The lowest BCUT2D eigenvalue weighted by atomic mass is 9.98. The summed E-state index contributed by atoms with van der Waals surface area (Å²) in [5.74, 6) is -2.16. The highest BCUT2D eigenvalue weighted by Crippen LogP contribution is 2.45. The zero-order valence-electron chi connectivity index (χ0n) is 17.1. The highest BCUT2D eigenvalue weighted by atomic mass is 35.5. The molecule has 0 aliphatic heterocycles. The van der Waals surface area contributed by atoms with Crippen LogP contribution in [-0.2, 0) is 6.18 Å². The summed E-state index contributed by atoms with van der Waals surface area (Å²) in [7, 11) is 2.80. The van der Waals surface area contributed by atoms with Crippen molar-refractivity contribution >= 4 is 23.2 Å². The van der Waals surface area contributed by atoms with Gasteiger partial charge in [-0.1, -0.05) is 23.7 Å². The van der Waals surface area contributed by atoms with Crippen molar-refractivity contribution in [3.8, 4) is 34.4 Å². The van der Waals surface area contributed by atoms with Crippen LogP contribution in [0.2, 0.25) is 5.02 Å². The molecule has 1 aromatic heterocycles. The Kier molecular flexibility index (Phi) is 6.37. The molecule has 1 amide bonds. The minimum Gasteiger partial charge on any atom is -0.504 e. The molecule has 3 aromatic rings. The average molecular weight is 478 g/mol. The standard InChI is InChI=1S/C22H15ClF3N3O4/c1-29(15-5-3-4-6-16(15)33-2)21(32)13-8-12(18(23)20(31)19(13)30)14-10-28-17(22(24,25)26)7-11(14)9-27/h3-8,10,30-31H,1-2H3. The van der Waals surface area contributed by atoms with Crippen molar-refractivity contribution in [3.63, 3.8) is 0 Å². The number of ether oxygens (including phenoxy) is 1. The zero-order valence-corrected chi connectivity index (χ0v) is 17.9. The predicted molar refractivity (Wildman–Crippen MR) is 113 cm³/mol. The number of pyridine rings is 1. The molecule has 2 N–H and O–H groups in total. The third-order valence-electron chi connectivity index (χ3n) is 4.80. The quantitative estimate of drug-likeness (QED) is 0.513. The van der Waals surface area contributed by atoms with Crippen molar-refractivity contribution < 1.29 is 32.9 Å². The van der Waals surface area contributed by atoms with Gasteiger partial charge in [0, 0.05) is 24.4 Å². The van der Waals surface area contributed by atoms with Gasteiger partial charge in [-0.05, 0) is 24.3 Å². The summed E-state index contributed by atoms with van der Waals surface area (Å²) in [6.45, 7) is 0. The van der Waals surface area contributed by atoms with Crippen molar-refractivity contribution in [2.45, 2.75) is 6.18 Å². The number of amides is 1. The third kappa shape index (κ3) is 4.36. The molecule has 3 rings (SSSR count). The predicted octanol–water partition coefficient (Wildman–Crippen LogP) is 4.99. The van der Waals surface area contributed by atoms with Crippen LogP contribution in [0.5, 0.6) is 17.2 Å². The van der Waals surface area contributed by atoms with E-state index in [4.69, 9.17) is 16.3 Å². The van der Waals surface area contributed by atoms with Gasteiger partial charge in [-0.2, -0.15) is 18.4 Å². The molecule has 0 atom stereocenters. The van der Waals surface area contributed by atoms with Crippen LogP contribution in [0, 0.1) is 11.3 Å². The first-order valence-electron chi connectivity index (χ1n) is 9.14. The number of nitriles is 1. The van der Waals surface area contributed by atoms with Crippen LogP contribution in [0.1, 0.15) is 21.6 Å². The average Bonchev–Trinajstić information content (AvgIpc) is 2.81. The van der Waals surface area contributed by atoms with E-state index in [1.54, 1.807) is 30.3 Å². The fourth-order valence-electron chi connectivity index (χ4n) is 3.11. The SMILES string of the molecule is COc1ccccc1N(C)C(=O)c1cc(-c2cnc(C(F)(F)F)cc2C#N)c(Cl)c(O)c1O. The first kappa shape index (κ1) is 23.7. The number of carbonyl (C=O) groups is 1. The van der Waals surface area contributed by atoms with Crippen molar-refractivity contribution in [1.29, 1.82) is 5.26 Å². The molecule has 11 heteroatoms. The van der Waals surface area contributed by atoms with Gasteiger partial charge in [0.1, 0.15) is 11.4 Å². The number of carbonyl (C=O) groups excluding carboxylic acids is 1. The highest BCUT2D eigenvalue weighted by Gasteiger charge is 2.34. The fraction of sp³-hybridized carbons (Fsp3) is 0.136. The summed E-state index contributed by atoms with van der Waals surface area (Å²) in [6, 6.07) is 9.74. The second-order valence-corrected chi connectivity index (χ2v) is 7.12. The van der Waals surface area contributed by atoms with Crippen molar-refractivity contribution in [1.82, 2.24) is 4.98 Å². The molecule has 0 aliphatic rings. The minimum absolute atomic E-state index is 0.165. The van der Waals surface area contributed by atoms with Gasteiger partial charge in [0.2, 0.25) is 0 Å². The molecule has 0 spiro atoms. The monoisotopic (exact) mass is 477 g/mol. The minimum atomic E-state index is -4.79. The number of benzene rings is 2. The maximum Gasteiger partial charge on any atom is 0.433 e. The molecule has 2 aromatic carbocycles. The largest absolute Gasteiger partial charge is 0.504 e. The van der Waals surface area contributed by atoms with E-state index in [2.05, 4.69) is 4.98 Å². The molecular weight excluding hydrogens is 463 g/mol. The van der Waals surface area contributed by atoms with Gasteiger partial charge in [0.05, 0.1) is 35.0 Å². The lowest BCUT2D eigenvalue weighted by Gasteiger charge is -2.21. The molecule has 0 bridgehead atoms. The molecule has 1 heterocycles. The van der Waals surface area contributed by atoms with Crippen LogP contribution in [0.4, 0.5) is 18.9 Å². The number of phenols is 2. The molecule has 170 valence electrons. The van der Waals surface area contributed by atoms with Crippen molar-refractivity contribution in [2.75, 3.05) is 19.1 Å². The van der Waals surface area contributed by atoms with Crippen molar-refractivity contribution in [3.05, 3.63) is 64.4 Å². The van der Waals surface area contributed by atoms with Gasteiger partial charge in [0.25, 0.3) is 5.91 Å². The number of hydrogen-bond donors (Lipinski definition) is 2. The first-order chi connectivity index (χ1) is 15.5. The van der Waals surface area contributed by atoms with Crippen LogP contribution in [0.25, 0.3) is 11.1 Å². The zero-order chi connectivity index (χ0) is 24.5. The Hall–Kier alpha value is -3.97. The van der Waals surface area contributed by atoms with E-state index in [9.17, 15) is 33.4 Å². The Morgan fingerprint density at radius 2 is 1.85 bits per heavy atom. The van der Waals surface area contributed by atoms with E-state index in [1.165, 1.54) is 14.2 Å². The Morgan fingerprint density at radius 3 is 2.45 bits per heavy atom. The Morgan fingerprint density at radius 1 is 1.18 bits per heavy atom. The lowest BCUT2D eigenvalue weighted by molar-refractivity contribution is -0.141. The van der Waals surface area contributed by atoms with Gasteiger partial charge >= 0.3 is 6.18 Å². The number of rotatable bonds is 4. The van der Waals surface area contributed by atoms with Crippen LogP contribution < -0.4 is 9.64 Å². The smallest absolute Gasteiger partial charge is 0.433 e. The highest BCUT2D eigenvalue weighted by molar-refractivity contribution is 6.35. The summed E-state index contributed by atoms with van der Waals surface area (Å²) in [5, 5.41) is 29.6. The number of methoxy groups -OCH3 is 1. The molecule has 0 unspecified atom stereocenters. The molecule has 0 saturated heterocycles. The number of halogens is 4. The van der Waals surface area contributed by atoms with E-state index in [0.29, 0.717) is 17.5 Å². The van der Waals surface area contributed by atoms with E-state index >= 15 is 0 Å². The molecule has 33 heavy (non-hydrogen) atoms. The number of para-hydroxylation sites is 2. The molecule has 0 fully saturated rings. The van der Waals surface area contributed by atoms with Gasteiger partial charge in [-0.15, -0.1) is 0 Å². The van der Waals surface area contributed by atoms with Crippen LogP contribution in [-0.4, -0.2) is 35.3 Å². The second kappa shape index (κ2) is 8.88. The number of anilines is 1. The summed E-state index contributed by atoms with van der Waals surface area (Å²) in [5.41, 5.74) is -2.14. The number of hydrogen-bond acceptors (Lipinski definition) is 6. The van der Waals surface area contributed by atoms with Gasteiger partial charge < -0.3 is 19.8 Å². The fourth-order valence-corrected chi connectivity index (χ4v) is 3.35. The Balaban J connectivity index is 2.18. The van der Waals surface area contributed by atoms with Gasteiger partial charge in [-0.3, -0.25) is 9.78 Å². The third-order valence-corrected chi connectivity index (χ3v) is 5.18. The van der Waals surface area contributed by atoms with Gasteiger partial charge in [0.15, 0.2) is 11.5 Å². The molecule has 0 aliphatic carbocycles. The topological polar surface area (TPSA) is 107 Å².